The Morgan fingerprint density at radius 1 is 1.17 bits per heavy atom. The molecule has 41 heavy (non-hydrogen) atoms. The Hall–Kier alpha value is -4.02. The molecule has 1 aliphatic heterocycles. The number of fused-ring (bicyclic) bond motifs is 2. The van der Waals surface area contributed by atoms with Crippen molar-refractivity contribution in [2.24, 2.45) is 5.73 Å². The molecule has 2 unspecified atom stereocenters. The number of carbonyl (C=O) groups excluding carboxylic acids is 2. The minimum Gasteiger partial charge on any atom is -0.496 e. The van der Waals surface area contributed by atoms with Gasteiger partial charge in [-0.05, 0) is 50.1 Å². The van der Waals surface area contributed by atoms with Crippen molar-refractivity contribution in [3.05, 3.63) is 82.1 Å². The van der Waals surface area contributed by atoms with Gasteiger partial charge < -0.3 is 20.3 Å². The van der Waals surface area contributed by atoms with Crippen LogP contribution in [-0.2, 0) is 22.4 Å². The van der Waals surface area contributed by atoms with Crippen molar-refractivity contribution in [3.63, 3.8) is 0 Å². The number of alkyl halides is 3. The molecule has 214 valence electrons. The number of methoxy groups -OCH3 is 1. The van der Waals surface area contributed by atoms with Crippen LogP contribution in [0.2, 0.25) is 0 Å². The van der Waals surface area contributed by atoms with Gasteiger partial charge in [0.15, 0.2) is 17.3 Å². The number of aliphatic hydroxyl groups is 1. The van der Waals surface area contributed by atoms with E-state index >= 15 is 0 Å². The molecule has 2 atom stereocenters. The standard InChI is InChI=1S/C31H29F3N2O5/c1-17-4-6-18(7-5-17)27-28-23(29(2,35)16-41-28)15-26(36-27)30(39,31(32,33)34)11-10-24(38)20-12-19-8-9-21(37)14-22(19)25(13-20)40-3/h4-9,12-13,15,39H,10-11,14,16,35H2,1-3H3. The number of aromatic nitrogens is 1. The summed E-state index contributed by atoms with van der Waals surface area (Å²) >= 11 is 0. The van der Waals surface area contributed by atoms with E-state index in [-0.39, 0.29) is 41.4 Å². The Balaban J connectivity index is 1.54. The van der Waals surface area contributed by atoms with Gasteiger partial charge in [-0.1, -0.05) is 35.9 Å². The maximum absolute atomic E-state index is 14.6. The SMILES string of the molecule is COc1cc(C(=O)CCC(O)(c2cc3c(c(-c4ccc(C)cc4)n2)OCC3(C)N)C(F)(F)F)cc2c1CC(=O)C=C2. The number of hydrogen-bond donors (Lipinski definition) is 2. The highest BCUT2D eigenvalue weighted by atomic mass is 19.4. The number of Topliss-reactive ketones (excluding diaryl/α,β-unsaturated/α-hetero) is 1. The van der Waals surface area contributed by atoms with Gasteiger partial charge in [-0.25, -0.2) is 4.98 Å². The summed E-state index contributed by atoms with van der Waals surface area (Å²) in [5.41, 5.74) is 4.25. The van der Waals surface area contributed by atoms with Crippen LogP contribution < -0.4 is 15.2 Å². The van der Waals surface area contributed by atoms with Crippen molar-refractivity contribution in [1.82, 2.24) is 4.98 Å². The van der Waals surface area contributed by atoms with Crippen LogP contribution in [0, 0.1) is 6.92 Å². The fourth-order valence-corrected chi connectivity index (χ4v) is 5.14. The highest BCUT2D eigenvalue weighted by Crippen LogP contribution is 2.48. The van der Waals surface area contributed by atoms with Crippen LogP contribution in [0.25, 0.3) is 17.3 Å². The number of hydrogen-bond acceptors (Lipinski definition) is 7. The predicted octanol–water partition coefficient (Wildman–Crippen LogP) is 5.18. The number of aryl methyl sites for hydroxylation is 1. The molecule has 0 spiro atoms. The van der Waals surface area contributed by atoms with E-state index in [9.17, 15) is 27.9 Å². The van der Waals surface area contributed by atoms with Crippen molar-refractivity contribution in [2.75, 3.05) is 13.7 Å². The zero-order valence-corrected chi connectivity index (χ0v) is 22.8. The Kier molecular flexibility index (Phi) is 7.03. The lowest BCUT2D eigenvalue weighted by Crippen LogP contribution is -2.44. The molecule has 3 N–H and O–H groups in total. The fourth-order valence-electron chi connectivity index (χ4n) is 5.14. The van der Waals surface area contributed by atoms with Gasteiger partial charge in [0.25, 0.3) is 0 Å². The average Bonchev–Trinajstić information content (AvgIpc) is 3.24. The van der Waals surface area contributed by atoms with E-state index in [1.54, 1.807) is 37.3 Å². The number of carbonyl (C=O) groups is 2. The number of nitrogens with two attached hydrogens (primary N) is 1. The van der Waals surface area contributed by atoms with E-state index in [0.29, 0.717) is 22.4 Å². The third kappa shape index (κ3) is 5.13. The lowest BCUT2D eigenvalue weighted by molar-refractivity contribution is -0.270. The largest absolute Gasteiger partial charge is 0.496 e. The van der Waals surface area contributed by atoms with Crippen LogP contribution in [0.15, 0.2) is 48.5 Å². The summed E-state index contributed by atoms with van der Waals surface area (Å²) in [5, 5.41) is 11.3. The quantitative estimate of drug-likeness (QED) is 0.379. The molecule has 2 aliphatic rings. The molecule has 10 heteroatoms. The summed E-state index contributed by atoms with van der Waals surface area (Å²) in [7, 11) is 1.38. The van der Waals surface area contributed by atoms with Crippen molar-refractivity contribution in [2.45, 2.75) is 50.4 Å². The molecule has 3 aromatic rings. The molecule has 2 heterocycles. The molecule has 0 saturated heterocycles. The molecule has 0 amide bonds. The van der Waals surface area contributed by atoms with Crippen LogP contribution >= 0.6 is 0 Å². The second kappa shape index (κ2) is 10.1. The normalized spacial score (nSPS) is 19.3. The molecular weight excluding hydrogens is 537 g/mol. The van der Waals surface area contributed by atoms with E-state index in [4.69, 9.17) is 15.2 Å². The number of benzene rings is 2. The third-order valence-corrected chi connectivity index (χ3v) is 7.62. The number of nitrogens with zero attached hydrogens (tertiary/aromatic N) is 1. The molecule has 0 radical (unpaired) electrons. The molecule has 0 fully saturated rings. The predicted molar refractivity (Wildman–Crippen MR) is 146 cm³/mol. The summed E-state index contributed by atoms with van der Waals surface area (Å²) < 4.78 is 55.0. The van der Waals surface area contributed by atoms with E-state index in [2.05, 4.69) is 4.98 Å². The second-order valence-electron chi connectivity index (χ2n) is 10.8. The fraction of sp³-hybridized carbons (Fsp3) is 0.323. The van der Waals surface area contributed by atoms with Crippen LogP contribution in [0.1, 0.15) is 58.1 Å². The van der Waals surface area contributed by atoms with Crippen LogP contribution in [0.3, 0.4) is 0 Å². The second-order valence-corrected chi connectivity index (χ2v) is 10.8. The summed E-state index contributed by atoms with van der Waals surface area (Å²) in [6.07, 6.45) is -3.79. The van der Waals surface area contributed by atoms with E-state index in [1.165, 1.54) is 25.3 Å². The maximum Gasteiger partial charge on any atom is 0.422 e. The number of pyridine rings is 1. The topological polar surface area (TPSA) is 112 Å². The number of ketones is 2. The van der Waals surface area contributed by atoms with Gasteiger partial charge in [-0.2, -0.15) is 13.2 Å². The first-order valence-electron chi connectivity index (χ1n) is 13.0. The lowest BCUT2D eigenvalue weighted by atomic mass is 9.85. The van der Waals surface area contributed by atoms with Crippen molar-refractivity contribution >= 4 is 17.6 Å². The number of halogens is 3. The summed E-state index contributed by atoms with van der Waals surface area (Å²) in [6.45, 7) is 3.53. The Morgan fingerprint density at radius 3 is 2.54 bits per heavy atom. The van der Waals surface area contributed by atoms with Gasteiger partial charge in [0.05, 0.1) is 18.3 Å². The third-order valence-electron chi connectivity index (χ3n) is 7.62. The summed E-state index contributed by atoms with van der Waals surface area (Å²) in [6, 6.07) is 11.0. The van der Waals surface area contributed by atoms with Crippen LogP contribution in [0.5, 0.6) is 11.5 Å². The maximum atomic E-state index is 14.6. The Bertz CT molecular complexity index is 1580. The first-order chi connectivity index (χ1) is 19.2. The number of rotatable bonds is 7. The molecule has 1 aromatic heterocycles. The van der Waals surface area contributed by atoms with Gasteiger partial charge >= 0.3 is 6.18 Å². The van der Waals surface area contributed by atoms with E-state index in [0.717, 1.165) is 11.6 Å². The first kappa shape index (κ1) is 28.5. The number of allylic oxidation sites excluding steroid dienone is 1. The monoisotopic (exact) mass is 566 g/mol. The van der Waals surface area contributed by atoms with Gasteiger partial charge in [0.1, 0.15) is 18.1 Å². The minimum atomic E-state index is -5.17. The molecule has 1 aliphatic carbocycles. The first-order valence-corrected chi connectivity index (χ1v) is 13.0. The van der Waals surface area contributed by atoms with Crippen LogP contribution in [-0.4, -0.2) is 41.5 Å². The summed E-state index contributed by atoms with van der Waals surface area (Å²) in [4.78, 5) is 29.3. The Morgan fingerprint density at radius 2 is 1.88 bits per heavy atom. The molecule has 2 aromatic carbocycles. The smallest absolute Gasteiger partial charge is 0.422 e. The van der Waals surface area contributed by atoms with Gasteiger partial charge in [0, 0.05) is 35.1 Å². The van der Waals surface area contributed by atoms with Gasteiger partial charge in [0.2, 0.25) is 5.60 Å². The Labute approximate surface area is 234 Å². The van der Waals surface area contributed by atoms with E-state index in [1.807, 2.05) is 6.92 Å². The molecule has 5 rings (SSSR count). The highest BCUT2D eigenvalue weighted by Gasteiger charge is 2.56. The molecule has 7 nitrogen and oxygen atoms in total. The zero-order chi connectivity index (χ0) is 29.7. The van der Waals surface area contributed by atoms with Crippen LogP contribution in [0.4, 0.5) is 13.2 Å². The molecule has 0 saturated carbocycles. The average molecular weight is 567 g/mol. The van der Waals surface area contributed by atoms with Gasteiger partial charge in [-0.15, -0.1) is 0 Å². The van der Waals surface area contributed by atoms with Crippen molar-refractivity contribution < 1.29 is 37.3 Å². The van der Waals surface area contributed by atoms with Crippen molar-refractivity contribution in [3.8, 4) is 22.8 Å². The zero-order valence-electron chi connectivity index (χ0n) is 22.8. The minimum absolute atomic E-state index is 0.0233. The highest BCUT2D eigenvalue weighted by molar-refractivity contribution is 6.01. The lowest BCUT2D eigenvalue weighted by Gasteiger charge is -2.31. The van der Waals surface area contributed by atoms with Crippen molar-refractivity contribution in [1.29, 1.82) is 0 Å². The van der Waals surface area contributed by atoms with Gasteiger partial charge in [-0.3, -0.25) is 9.59 Å². The molecular formula is C31H29F3N2O5. The summed E-state index contributed by atoms with van der Waals surface area (Å²) in [5.74, 6) is -0.210. The van der Waals surface area contributed by atoms with E-state index < -0.39 is 41.6 Å². The molecule has 0 bridgehead atoms. The number of ether oxygens (including phenoxy) is 2.